The summed E-state index contributed by atoms with van der Waals surface area (Å²) in [6.07, 6.45) is 7.59. The molecule has 1 aliphatic rings. The summed E-state index contributed by atoms with van der Waals surface area (Å²) in [4.78, 5) is 8.99. The van der Waals surface area contributed by atoms with Crippen molar-refractivity contribution < 1.29 is 5.11 Å². The van der Waals surface area contributed by atoms with Gasteiger partial charge in [0.25, 0.3) is 0 Å². The van der Waals surface area contributed by atoms with Crippen LogP contribution in [0.4, 0.5) is 5.69 Å². The predicted molar refractivity (Wildman–Crippen MR) is 102 cm³/mol. The van der Waals surface area contributed by atoms with E-state index >= 15 is 0 Å². The fourth-order valence-electron chi connectivity index (χ4n) is 3.58. The van der Waals surface area contributed by atoms with E-state index in [9.17, 15) is 0 Å². The molecule has 1 aliphatic heterocycles. The van der Waals surface area contributed by atoms with Crippen molar-refractivity contribution in [3.05, 3.63) is 59.9 Å². The molecule has 1 saturated heterocycles. The molecular weight excluding hydrogens is 310 g/mol. The summed E-state index contributed by atoms with van der Waals surface area (Å²) in [5, 5.41) is 9.11. The largest absolute Gasteiger partial charge is 0.392 e. The molecule has 1 aromatic heterocycles. The van der Waals surface area contributed by atoms with E-state index in [1.807, 2.05) is 24.5 Å². The first-order chi connectivity index (χ1) is 12.2. The number of aromatic nitrogens is 1. The highest BCUT2D eigenvalue weighted by atomic mass is 16.3. The second-order valence-corrected chi connectivity index (χ2v) is 7.14. The number of anilines is 1. The fourth-order valence-corrected chi connectivity index (χ4v) is 3.58. The summed E-state index contributed by atoms with van der Waals surface area (Å²) in [6.45, 7) is 4.54. The molecule has 4 heteroatoms. The van der Waals surface area contributed by atoms with E-state index < -0.39 is 0 Å². The van der Waals surface area contributed by atoms with E-state index in [1.165, 1.54) is 30.5 Å². The van der Waals surface area contributed by atoms with Crippen molar-refractivity contribution in [1.82, 2.24) is 9.88 Å². The zero-order chi connectivity index (χ0) is 17.5. The van der Waals surface area contributed by atoms with Crippen molar-refractivity contribution in [2.24, 2.45) is 5.92 Å². The highest BCUT2D eigenvalue weighted by Gasteiger charge is 2.19. The Morgan fingerprint density at radius 3 is 2.32 bits per heavy atom. The summed E-state index contributed by atoms with van der Waals surface area (Å²) < 4.78 is 0. The van der Waals surface area contributed by atoms with Gasteiger partial charge < -0.3 is 14.9 Å². The van der Waals surface area contributed by atoms with Crippen LogP contribution in [-0.2, 0) is 13.2 Å². The van der Waals surface area contributed by atoms with Crippen molar-refractivity contribution in [2.75, 3.05) is 31.6 Å². The summed E-state index contributed by atoms with van der Waals surface area (Å²) in [6, 6.07) is 12.5. The number of hydrogen-bond acceptors (Lipinski definition) is 4. The number of aliphatic hydroxyl groups excluding tert-OH is 1. The SMILES string of the molecule is CN(CCC1CCN(c2ccncc2)CC1)Cc1ccc(CO)cc1. The summed E-state index contributed by atoms with van der Waals surface area (Å²) in [5.41, 5.74) is 3.59. The minimum absolute atomic E-state index is 0.119. The maximum absolute atomic E-state index is 9.11. The van der Waals surface area contributed by atoms with Gasteiger partial charge in [-0.05, 0) is 62.0 Å². The van der Waals surface area contributed by atoms with Gasteiger partial charge in [0, 0.05) is 37.7 Å². The van der Waals surface area contributed by atoms with Crippen molar-refractivity contribution in [3.63, 3.8) is 0 Å². The van der Waals surface area contributed by atoms with Crippen LogP contribution in [0.2, 0.25) is 0 Å². The third-order valence-electron chi connectivity index (χ3n) is 5.22. The first kappa shape index (κ1) is 17.9. The highest BCUT2D eigenvalue weighted by molar-refractivity contribution is 5.44. The first-order valence-corrected chi connectivity index (χ1v) is 9.27. The summed E-state index contributed by atoms with van der Waals surface area (Å²) in [5.74, 6) is 0.831. The maximum atomic E-state index is 9.11. The Labute approximate surface area is 151 Å². The standard InChI is InChI=1S/C21H29N3O/c1-23(16-19-2-4-20(17-25)5-3-19)13-8-18-9-14-24(15-10-18)21-6-11-22-12-7-21/h2-7,11-12,18,25H,8-10,13-17H2,1H3. The van der Waals surface area contributed by atoms with E-state index in [2.05, 4.69) is 46.1 Å². The molecule has 4 nitrogen and oxygen atoms in total. The third-order valence-corrected chi connectivity index (χ3v) is 5.22. The van der Waals surface area contributed by atoms with Crippen LogP contribution in [0.1, 0.15) is 30.4 Å². The lowest BCUT2D eigenvalue weighted by atomic mass is 9.93. The molecule has 0 atom stereocenters. The lowest BCUT2D eigenvalue weighted by molar-refractivity contribution is 0.272. The molecule has 0 amide bonds. The Balaban J connectivity index is 1.39. The van der Waals surface area contributed by atoms with Gasteiger partial charge in [-0.15, -0.1) is 0 Å². The molecule has 2 heterocycles. The zero-order valence-corrected chi connectivity index (χ0v) is 15.1. The Morgan fingerprint density at radius 1 is 1.04 bits per heavy atom. The molecule has 0 radical (unpaired) electrons. The average molecular weight is 339 g/mol. The quantitative estimate of drug-likeness (QED) is 0.840. The monoisotopic (exact) mass is 339 g/mol. The molecule has 3 rings (SSSR count). The van der Waals surface area contributed by atoms with E-state index in [4.69, 9.17) is 5.11 Å². The maximum Gasteiger partial charge on any atom is 0.0681 e. The van der Waals surface area contributed by atoms with Gasteiger partial charge in [-0.2, -0.15) is 0 Å². The minimum Gasteiger partial charge on any atom is -0.392 e. The van der Waals surface area contributed by atoms with Crippen molar-refractivity contribution in [2.45, 2.75) is 32.4 Å². The third kappa shape index (κ3) is 5.28. The molecule has 1 aromatic carbocycles. The minimum atomic E-state index is 0.119. The van der Waals surface area contributed by atoms with Gasteiger partial charge in [-0.3, -0.25) is 4.98 Å². The lowest BCUT2D eigenvalue weighted by Gasteiger charge is -2.34. The Morgan fingerprint density at radius 2 is 1.68 bits per heavy atom. The van der Waals surface area contributed by atoms with Gasteiger partial charge in [-0.25, -0.2) is 0 Å². The number of pyridine rings is 1. The molecule has 0 bridgehead atoms. The molecular formula is C21H29N3O. The number of nitrogens with zero attached hydrogens (tertiary/aromatic N) is 3. The normalized spacial score (nSPS) is 15.7. The lowest BCUT2D eigenvalue weighted by Crippen LogP contribution is -2.34. The Bertz CT molecular complexity index is 621. The van der Waals surface area contributed by atoms with Crippen LogP contribution in [0.3, 0.4) is 0 Å². The highest BCUT2D eigenvalue weighted by Crippen LogP contribution is 2.25. The van der Waals surface area contributed by atoms with Crippen LogP contribution in [0.5, 0.6) is 0 Å². The first-order valence-electron chi connectivity index (χ1n) is 9.27. The Hall–Kier alpha value is -1.91. The summed E-state index contributed by atoms with van der Waals surface area (Å²) >= 11 is 0. The van der Waals surface area contributed by atoms with Crippen LogP contribution in [0, 0.1) is 5.92 Å². The number of rotatable bonds is 7. The molecule has 2 aromatic rings. The predicted octanol–water partition coefficient (Wildman–Crippen LogP) is 3.31. The average Bonchev–Trinajstić information content (AvgIpc) is 2.68. The van der Waals surface area contributed by atoms with E-state index in [0.717, 1.165) is 37.7 Å². The van der Waals surface area contributed by atoms with E-state index in [1.54, 1.807) is 0 Å². The number of aliphatic hydroxyl groups is 1. The smallest absolute Gasteiger partial charge is 0.0681 e. The van der Waals surface area contributed by atoms with Crippen LogP contribution >= 0.6 is 0 Å². The molecule has 1 N–H and O–H groups in total. The van der Waals surface area contributed by atoms with Crippen LogP contribution < -0.4 is 4.90 Å². The molecule has 0 unspecified atom stereocenters. The number of benzene rings is 1. The van der Waals surface area contributed by atoms with Gasteiger partial charge in [0.1, 0.15) is 0 Å². The van der Waals surface area contributed by atoms with Crippen LogP contribution in [0.25, 0.3) is 0 Å². The molecule has 1 fully saturated rings. The molecule has 25 heavy (non-hydrogen) atoms. The van der Waals surface area contributed by atoms with Crippen molar-refractivity contribution in [3.8, 4) is 0 Å². The second kappa shape index (κ2) is 8.97. The second-order valence-electron chi connectivity index (χ2n) is 7.14. The molecule has 0 aliphatic carbocycles. The number of hydrogen-bond donors (Lipinski definition) is 1. The molecule has 134 valence electrons. The van der Waals surface area contributed by atoms with Gasteiger partial charge in [0.05, 0.1) is 6.61 Å². The Kier molecular flexibility index (Phi) is 6.42. The van der Waals surface area contributed by atoms with E-state index in [0.29, 0.717) is 0 Å². The van der Waals surface area contributed by atoms with Gasteiger partial charge >= 0.3 is 0 Å². The van der Waals surface area contributed by atoms with Crippen molar-refractivity contribution in [1.29, 1.82) is 0 Å². The van der Waals surface area contributed by atoms with Crippen molar-refractivity contribution >= 4 is 5.69 Å². The zero-order valence-electron chi connectivity index (χ0n) is 15.1. The topological polar surface area (TPSA) is 39.6 Å². The van der Waals surface area contributed by atoms with E-state index in [-0.39, 0.29) is 6.61 Å². The van der Waals surface area contributed by atoms with Gasteiger partial charge in [-0.1, -0.05) is 24.3 Å². The van der Waals surface area contributed by atoms with Crippen LogP contribution in [-0.4, -0.2) is 41.7 Å². The number of piperidine rings is 1. The fraction of sp³-hybridized carbons (Fsp3) is 0.476. The summed E-state index contributed by atoms with van der Waals surface area (Å²) in [7, 11) is 2.20. The van der Waals surface area contributed by atoms with Crippen LogP contribution in [0.15, 0.2) is 48.8 Å². The molecule has 0 saturated carbocycles. The van der Waals surface area contributed by atoms with Gasteiger partial charge in [0.2, 0.25) is 0 Å². The molecule has 0 spiro atoms. The van der Waals surface area contributed by atoms with Gasteiger partial charge in [0.15, 0.2) is 0 Å².